The third kappa shape index (κ3) is 4.44. The van der Waals surface area contributed by atoms with Crippen LogP contribution in [0, 0.1) is 0 Å². The van der Waals surface area contributed by atoms with Gasteiger partial charge in [-0.25, -0.2) is 4.79 Å². The van der Waals surface area contributed by atoms with Crippen molar-refractivity contribution in [2.75, 3.05) is 11.9 Å². The van der Waals surface area contributed by atoms with Gasteiger partial charge in [-0.05, 0) is 35.1 Å². The Labute approximate surface area is 200 Å². The highest BCUT2D eigenvalue weighted by molar-refractivity contribution is 6.10. The Morgan fingerprint density at radius 1 is 0.912 bits per heavy atom. The summed E-state index contributed by atoms with van der Waals surface area (Å²) in [5.74, 6) is -0.897. The Bertz CT molecular complexity index is 1230. The number of carbonyl (C=O) groups is 3. The first-order valence-electron chi connectivity index (χ1n) is 11.3. The van der Waals surface area contributed by atoms with Gasteiger partial charge in [-0.15, -0.1) is 0 Å². The Kier molecular flexibility index (Phi) is 6.00. The van der Waals surface area contributed by atoms with Crippen molar-refractivity contribution < 1.29 is 14.4 Å². The summed E-state index contributed by atoms with van der Waals surface area (Å²) in [7, 11) is 0. The fourth-order valence-corrected chi connectivity index (χ4v) is 4.13. The topological polar surface area (TPSA) is 78.5 Å². The largest absolute Gasteiger partial charge is 0.325 e. The minimum absolute atomic E-state index is 0.0253. The molecule has 4 rings (SSSR count). The van der Waals surface area contributed by atoms with Crippen LogP contribution >= 0.6 is 0 Å². The molecule has 0 spiro atoms. The van der Waals surface area contributed by atoms with Crippen LogP contribution in [0.25, 0.3) is 11.1 Å². The molecule has 34 heavy (non-hydrogen) atoms. The van der Waals surface area contributed by atoms with E-state index in [4.69, 9.17) is 0 Å². The molecule has 1 aliphatic heterocycles. The number of para-hydroxylation sites is 1. The number of hydrogen-bond acceptors (Lipinski definition) is 3. The first-order chi connectivity index (χ1) is 16.1. The van der Waals surface area contributed by atoms with Gasteiger partial charge in [-0.3, -0.25) is 14.5 Å². The Morgan fingerprint density at radius 3 is 2.18 bits per heavy atom. The molecule has 3 aromatic rings. The number of amides is 4. The quantitative estimate of drug-likeness (QED) is 0.528. The van der Waals surface area contributed by atoms with Gasteiger partial charge in [0.25, 0.3) is 5.91 Å². The van der Waals surface area contributed by atoms with Crippen LogP contribution in [-0.2, 0) is 20.5 Å². The lowest BCUT2D eigenvalue weighted by Crippen LogP contribution is -2.42. The van der Waals surface area contributed by atoms with Gasteiger partial charge in [0, 0.05) is 11.3 Å². The summed E-state index contributed by atoms with van der Waals surface area (Å²) >= 11 is 0. The van der Waals surface area contributed by atoms with E-state index in [1.165, 1.54) is 0 Å². The maximum absolute atomic E-state index is 13.3. The van der Waals surface area contributed by atoms with Crippen molar-refractivity contribution in [1.29, 1.82) is 0 Å². The average Bonchev–Trinajstić information content (AvgIpc) is 3.03. The molecule has 174 valence electrons. The van der Waals surface area contributed by atoms with Crippen molar-refractivity contribution in [3.63, 3.8) is 0 Å². The predicted molar refractivity (Wildman–Crippen MR) is 133 cm³/mol. The Morgan fingerprint density at radius 2 is 1.53 bits per heavy atom. The van der Waals surface area contributed by atoms with Crippen LogP contribution in [0.4, 0.5) is 10.5 Å². The molecule has 0 aromatic heterocycles. The molecular weight excluding hydrogens is 426 g/mol. The van der Waals surface area contributed by atoms with Gasteiger partial charge in [0.05, 0.1) is 0 Å². The van der Waals surface area contributed by atoms with E-state index in [9.17, 15) is 14.4 Å². The van der Waals surface area contributed by atoms with Gasteiger partial charge in [-0.2, -0.15) is 0 Å². The molecule has 3 aromatic carbocycles. The zero-order chi connectivity index (χ0) is 24.5. The molecule has 1 aliphatic rings. The molecule has 1 atom stereocenters. The number of hydrogen-bond donors (Lipinski definition) is 2. The third-order valence-corrected chi connectivity index (χ3v) is 6.19. The molecule has 0 radical (unpaired) electrons. The van der Waals surface area contributed by atoms with Crippen LogP contribution in [0.2, 0.25) is 0 Å². The van der Waals surface area contributed by atoms with Crippen LogP contribution in [0.1, 0.15) is 38.8 Å². The molecule has 0 saturated carbocycles. The lowest BCUT2D eigenvalue weighted by Gasteiger charge is -2.24. The van der Waals surface area contributed by atoms with Gasteiger partial charge >= 0.3 is 6.03 Å². The zero-order valence-electron chi connectivity index (χ0n) is 19.9. The fourth-order valence-electron chi connectivity index (χ4n) is 4.13. The number of anilines is 1. The third-order valence-electron chi connectivity index (χ3n) is 6.19. The van der Waals surface area contributed by atoms with Crippen molar-refractivity contribution in [3.05, 3.63) is 90.0 Å². The number of urea groups is 1. The van der Waals surface area contributed by atoms with Crippen LogP contribution < -0.4 is 10.6 Å². The predicted octanol–water partition coefficient (Wildman–Crippen LogP) is 5.06. The first kappa shape index (κ1) is 23.2. The molecule has 2 N–H and O–H groups in total. The lowest BCUT2D eigenvalue weighted by atomic mass is 9.84. The maximum Gasteiger partial charge on any atom is 0.325 e. The van der Waals surface area contributed by atoms with E-state index in [1.807, 2.05) is 72.8 Å². The average molecular weight is 456 g/mol. The van der Waals surface area contributed by atoms with Crippen LogP contribution in [0.15, 0.2) is 78.9 Å². The highest BCUT2D eigenvalue weighted by Crippen LogP contribution is 2.32. The highest BCUT2D eigenvalue weighted by atomic mass is 16.2. The summed E-state index contributed by atoms with van der Waals surface area (Å²) < 4.78 is 0. The molecule has 1 heterocycles. The number of nitrogens with one attached hydrogen (secondary N) is 2. The molecular formula is C28H29N3O3. The SMILES string of the molecule is CC(C)(C)c1ccc(C2(C)NC(=O)N(CC(=O)Nc3ccccc3-c3ccccc3)C2=O)cc1. The van der Waals surface area contributed by atoms with E-state index >= 15 is 0 Å². The van der Waals surface area contributed by atoms with Crippen molar-refractivity contribution in [2.45, 2.75) is 38.6 Å². The minimum Gasteiger partial charge on any atom is -0.324 e. The van der Waals surface area contributed by atoms with Crippen molar-refractivity contribution in [2.24, 2.45) is 0 Å². The van der Waals surface area contributed by atoms with Gasteiger partial charge in [-0.1, -0.05) is 93.6 Å². The summed E-state index contributed by atoms with van der Waals surface area (Å²) in [6.07, 6.45) is 0. The number of carbonyl (C=O) groups excluding carboxylic acids is 3. The lowest BCUT2D eigenvalue weighted by molar-refractivity contribution is -0.133. The molecule has 4 amide bonds. The summed E-state index contributed by atoms with van der Waals surface area (Å²) in [6.45, 7) is 7.64. The van der Waals surface area contributed by atoms with Crippen molar-refractivity contribution in [3.8, 4) is 11.1 Å². The summed E-state index contributed by atoms with van der Waals surface area (Å²) in [6, 6.07) is 24.2. The molecule has 0 aliphatic carbocycles. The van der Waals surface area contributed by atoms with Crippen molar-refractivity contribution in [1.82, 2.24) is 10.2 Å². The standard InChI is InChI=1S/C28H29N3O3/c1-27(2,3)20-14-16-21(17-15-20)28(4)25(33)31(26(34)30-28)18-24(32)29-23-13-9-8-12-22(23)19-10-6-5-7-11-19/h5-17H,18H2,1-4H3,(H,29,32)(H,30,34). The Hall–Kier alpha value is -3.93. The van der Waals surface area contributed by atoms with Gasteiger partial charge in [0.2, 0.25) is 5.91 Å². The second-order valence-corrected chi connectivity index (χ2v) is 9.73. The number of imide groups is 1. The van der Waals surface area contributed by atoms with Gasteiger partial charge in [0.1, 0.15) is 12.1 Å². The van der Waals surface area contributed by atoms with E-state index in [2.05, 4.69) is 31.4 Å². The molecule has 6 nitrogen and oxygen atoms in total. The van der Waals surface area contributed by atoms with Gasteiger partial charge < -0.3 is 10.6 Å². The van der Waals surface area contributed by atoms with Crippen LogP contribution in [0.3, 0.4) is 0 Å². The van der Waals surface area contributed by atoms with E-state index in [0.29, 0.717) is 11.3 Å². The summed E-state index contributed by atoms with van der Waals surface area (Å²) in [4.78, 5) is 39.8. The van der Waals surface area contributed by atoms with Gasteiger partial charge in [0.15, 0.2) is 0 Å². The van der Waals surface area contributed by atoms with E-state index in [-0.39, 0.29) is 12.0 Å². The summed E-state index contributed by atoms with van der Waals surface area (Å²) in [5, 5.41) is 5.62. The zero-order valence-corrected chi connectivity index (χ0v) is 19.9. The van der Waals surface area contributed by atoms with Crippen LogP contribution in [-0.4, -0.2) is 29.3 Å². The first-order valence-corrected chi connectivity index (χ1v) is 11.3. The van der Waals surface area contributed by atoms with E-state index in [0.717, 1.165) is 21.6 Å². The molecule has 1 saturated heterocycles. The second kappa shape index (κ2) is 8.78. The second-order valence-electron chi connectivity index (χ2n) is 9.73. The Balaban J connectivity index is 1.51. The number of rotatable bonds is 5. The monoisotopic (exact) mass is 455 g/mol. The molecule has 1 unspecified atom stereocenters. The normalized spacial score (nSPS) is 18.1. The number of benzene rings is 3. The van der Waals surface area contributed by atoms with Crippen molar-refractivity contribution >= 4 is 23.5 Å². The molecule has 6 heteroatoms. The fraction of sp³-hybridized carbons (Fsp3) is 0.250. The van der Waals surface area contributed by atoms with Crippen LogP contribution in [0.5, 0.6) is 0 Å². The maximum atomic E-state index is 13.3. The smallest absolute Gasteiger partial charge is 0.324 e. The van der Waals surface area contributed by atoms with E-state index in [1.54, 1.807) is 13.0 Å². The van der Waals surface area contributed by atoms with E-state index < -0.39 is 23.4 Å². The number of nitrogens with zero attached hydrogens (tertiary/aromatic N) is 1. The molecule has 0 bridgehead atoms. The highest BCUT2D eigenvalue weighted by Gasteiger charge is 2.49. The molecule has 1 fully saturated rings. The minimum atomic E-state index is -1.23. The summed E-state index contributed by atoms with van der Waals surface area (Å²) in [5.41, 5.74) is 2.99.